The summed E-state index contributed by atoms with van der Waals surface area (Å²) >= 11 is 0. The van der Waals surface area contributed by atoms with Crippen LogP contribution < -0.4 is 10.9 Å². The Kier molecular flexibility index (Phi) is 8.09. The molecule has 0 aliphatic rings. The van der Waals surface area contributed by atoms with Crippen LogP contribution in [-0.4, -0.2) is 29.8 Å². The van der Waals surface area contributed by atoms with Crippen LogP contribution >= 0.6 is 0 Å². The van der Waals surface area contributed by atoms with Crippen molar-refractivity contribution in [2.45, 2.75) is 58.5 Å². The summed E-state index contributed by atoms with van der Waals surface area (Å²) in [7, 11) is 1.66. The fraction of sp³-hybridized carbons (Fsp3) is 0.600. The van der Waals surface area contributed by atoms with Crippen molar-refractivity contribution >= 4 is 10.9 Å². The Balaban J connectivity index is 2.30. The Hall–Kier alpha value is -1.72. The summed E-state index contributed by atoms with van der Waals surface area (Å²) in [6.45, 7) is 6.52. The lowest BCUT2D eigenvalue weighted by atomic mass is 10.1. The van der Waals surface area contributed by atoms with E-state index in [9.17, 15) is 4.79 Å². The number of para-hydroxylation sites is 1. The lowest BCUT2D eigenvalue weighted by Gasteiger charge is -2.19. The lowest BCUT2D eigenvalue weighted by Crippen LogP contribution is -2.85. The van der Waals surface area contributed by atoms with Gasteiger partial charge in [0.15, 0.2) is 5.82 Å². The zero-order valence-electron chi connectivity index (χ0n) is 15.8. The maximum Gasteiger partial charge on any atom is 0.261 e. The third-order valence-corrected chi connectivity index (χ3v) is 4.69. The first-order valence-electron chi connectivity index (χ1n) is 9.54. The van der Waals surface area contributed by atoms with Gasteiger partial charge in [0.1, 0.15) is 6.04 Å². The molecule has 0 bridgehead atoms. The van der Waals surface area contributed by atoms with Gasteiger partial charge in [0.2, 0.25) is 0 Å². The number of aromatic nitrogens is 2. The zero-order valence-corrected chi connectivity index (χ0v) is 15.8. The molecule has 25 heavy (non-hydrogen) atoms. The van der Waals surface area contributed by atoms with Gasteiger partial charge in [-0.25, -0.2) is 4.98 Å². The molecule has 1 atom stereocenters. The smallest absolute Gasteiger partial charge is 0.261 e. The Morgan fingerprint density at radius 2 is 2.00 bits per heavy atom. The molecular weight excluding hydrogens is 314 g/mol. The van der Waals surface area contributed by atoms with E-state index in [1.54, 1.807) is 7.11 Å². The van der Waals surface area contributed by atoms with Gasteiger partial charge in [0, 0.05) is 13.5 Å². The Bertz CT molecular complexity index is 712. The Morgan fingerprint density at radius 1 is 1.20 bits per heavy atom. The van der Waals surface area contributed by atoms with Crippen molar-refractivity contribution in [3.63, 3.8) is 0 Å². The summed E-state index contributed by atoms with van der Waals surface area (Å²) in [5, 5.41) is 3.02. The van der Waals surface area contributed by atoms with E-state index in [1.807, 2.05) is 28.8 Å². The zero-order chi connectivity index (χ0) is 18.1. The van der Waals surface area contributed by atoms with Gasteiger partial charge < -0.3 is 10.1 Å². The highest BCUT2D eigenvalue weighted by Crippen LogP contribution is 2.14. The molecule has 138 valence electrons. The average Bonchev–Trinajstić information content (AvgIpc) is 2.64. The molecule has 2 rings (SSSR count). The van der Waals surface area contributed by atoms with Crippen molar-refractivity contribution in [2.24, 2.45) is 0 Å². The van der Waals surface area contributed by atoms with Crippen LogP contribution in [0.25, 0.3) is 10.9 Å². The first kappa shape index (κ1) is 19.6. The quantitative estimate of drug-likeness (QED) is 0.636. The van der Waals surface area contributed by atoms with Crippen LogP contribution in [0, 0.1) is 0 Å². The van der Waals surface area contributed by atoms with Gasteiger partial charge in [-0.1, -0.05) is 38.8 Å². The van der Waals surface area contributed by atoms with Crippen molar-refractivity contribution in [1.82, 2.24) is 9.55 Å². The molecule has 2 N–H and O–H groups in total. The van der Waals surface area contributed by atoms with Gasteiger partial charge in [-0.05, 0) is 25.0 Å². The fourth-order valence-electron chi connectivity index (χ4n) is 3.21. The van der Waals surface area contributed by atoms with Crippen LogP contribution in [0.1, 0.15) is 57.8 Å². The van der Waals surface area contributed by atoms with Crippen LogP contribution in [0.4, 0.5) is 0 Å². The van der Waals surface area contributed by atoms with Gasteiger partial charge in [-0.3, -0.25) is 9.36 Å². The number of benzene rings is 1. The number of hydrogen-bond acceptors (Lipinski definition) is 3. The monoisotopic (exact) mass is 346 g/mol. The van der Waals surface area contributed by atoms with Crippen molar-refractivity contribution < 1.29 is 10.1 Å². The SMILES string of the molecule is CCCCCC[NH2+][C@H](CC)c1nc2ccccc2c(=O)n1CCOC. The van der Waals surface area contributed by atoms with E-state index in [-0.39, 0.29) is 11.6 Å². The molecule has 1 aromatic heterocycles. The molecule has 1 aromatic carbocycles. The number of rotatable bonds is 11. The molecular formula is C20H32N3O2+. The van der Waals surface area contributed by atoms with E-state index in [4.69, 9.17) is 9.72 Å². The topological polar surface area (TPSA) is 60.7 Å². The second-order valence-electron chi connectivity index (χ2n) is 6.54. The molecule has 0 aliphatic carbocycles. The minimum atomic E-state index is 0.0375. The van der Waals surface area contributed by atoms with Gasteiger partial charge in [0.25, 0.3) is 5.56 Å². The largest absolute Gasteiger partial charge is 0.383 e. The van der Waals surface area contributed by atoms with Crippen molar-refractivity contribution in [3.05, 3.63) is 40.4 Å². The van der Waals surface area contributed by atoms with Crippen LogP contribution in [0.2, 0.25) is 0 Å². The molecule has 0 saturated carbocycles. The molecule has 0 amide bonds. The number of ether oxygens (including phenoxy) is 1. The highest BCUT2D eigenvalue weighted by molar-refractivity contribution is 5.77. The number of hydrogen-bond donors (Lipinski definition) is 1. The average molecular weight is 346 g/mol. The predicted molar refractivity (Wildman–Crippen MR) is 102 cm³/mol. The van der Waals surface area contributed by atoms with Gasteiger partial charge in [0.05, 0.1) is 30.6 Å². The van der Waals surface area contributed by atoms with E-state index >= 15 is 0 Å². The number of methoxy groups -OCH3 is 1. The summed E-state index contributed by atoms with van der Waals surface area (Å²) in [4.78, 5) is 17.8. The van der Waals surface area contributed by atoms with Gasteiger partial charge in [-0.2, -0.15) is 0 Å². The van der Waals surface area contributed by atoms with Crippen LogP contribution in [0.5, 0.6) is 0 Å². The van der Waals surface area contributed by atoms with E-state index in [2.05, 4.69) is 19.2 Å². The maximum absolute atomic E-state index is 12.9. The minimum Gasteiger partial charge on any atom is -0.383 e. The second kappa shape index (κ2) is 10.3. The number of nitrogens with two attached hydrogens (primary N) is 1. The summed E-state index contributed by atoms with van der Waals surface area (Å²) in [6.07, 6.45) is 5.97. The van der Waals surface area contributed by atoms with Gasteiger partial charge >= 0.3 is 0 Å². The summed E-state index contributed by atoms with van der Waals surface area (Å²) in [5.41, 5.74) is 0.824. The summed E-state index contributed by atoms with van der Waals surface area (Å²) < 4.78 is 7.02. The first-order valence-corrected chi connectivity index (χ1v) is 9.54. The van der Waals surface area contributed by atoms with E-state index < -0.39 is 0 Å². The van der Waals surface area contributed by atoms with E-state index in [0.29, 0.717) is 18.5 Å². The summed E-state index contributed by atoms with van der Waals surface area (Å²) in [6, 6.07) is 7.81. The van der Waals surface area contributed by atoms with Gasteiger partial charge in [-0.15, -0.1) is 0 Å². The highest BCUT2D eigenvalue weighted by Gasteiger charge is 2.21. The highest BCUT2D eigenvalue weighted by atomic mass is 16.5. The Labute approximate surface area is 150 Å². The van der Waals surface area contributed by atoms with Crippen LogP contribution in [0.15, 0.2) is 29.1 Å². The number of nitrogens with zero attached hydrogens (tertiary/aromatic N) is 2. The molecule has 1 heterocycles. The first-order chi connectivity index (χ1) is 12.2. The Morgan fingerprint density at radius 3 is 2.72 bits per heavy atom. The molecule has 5 nitrogen and oxygen atoms in total. The molecule has 0 saturated heterocycles. The predicted octanol–water partition coefficient (Wildman–Crippen LogP) is 2.64. The third kappa shape index (κ3) is 5.13. The second-order valence-corrected chi connectivity index (χ2v) is 6.54. The molecule has 0 fully saturated rings. The molecule has 2 aromatic rings. The normalized spacial score (nSPS) is 12.6. The molecule has 0 radical (unpaired) electrons. The molecule has 0 unspecified atom stereocenters. The standard InChI is InChI=1S/C20H31N3O2/c1-4-6-7-10-13-21-17(5-2)19-22-18-12-9-8-11-16(18)20(24)23(19)14-15-25-3/h8-9,11-12,17,21H,4-7,10,13-15H2,1-3H3/p+1/t17-/m1/s1. The number of fused-ring (bicyclic) bond motifs is 1. The fourth-order valence-corrected chi connectivity index (χ4v) is 3.21. The molecule has 0 aliphatic heterocycles. The van der Waals surface area contributed by atoms with Crippen molar-refractivity contribution in [2.75, 3.05) is 20.3 Å². The minimum absolute atomic E-state index is 0.0375. The lowest BCUT2D eigenvalue weighted by molar-refractivity contribution is -0.698. The van der Waals surface area contributed by atoms with E-state index in [0.717, 1.165) is 24.3 Å². The molecule has 5 heteroatoms. The van der Waals surface area contributed by atoms with Crippen LogP contribution in [-0.2, 0) is 11.3 Å². The van der Waals surface area contributed by atoms with Crippen molar-refractivity contribution in [3.8, 4) is 0 Å². The van der Waals surface area contributed by atoms with E-state index in [1.165, 1.54) is 25.7 Å². The maximum atomic E-state index is 12.9. The van der Waals surface area contributed by atoms with Crippen molar-refractivity contribution in [1.29, 1.82) is 0 Å². The molecule has 0 spiro atoms. The number of quaternary nitrogens is 1. The third-order valence-electron chi connectivity index (χ3n) is 4.69. The van der Waals surface area contributed by atoms with Crippen LogP contribution in [0.3, 0.4) is 0 Å². The summed E-state index contributed by atoms with van der Waals surface area (Å²) in [5.74, 6) is 0.874. The number of unbranched alkanes of at least 4 members (excludes halogenated alkanes) is 3.